The van der Waals surface area contributed by atoms with Crippen LogP contribution in [0.1, 0.15) is 24.0 Å². The number of hydrogen-bond acceptors (Lipinski definition) is 3. The number of nitriles is 1. The summed E-state index contributed by atoms with van der Waals surface area (Å²) < 4.78 is 13.3. The van der Waals surface area contributed by atoms with E-state index >= 15 is 0 Å². The average Bonchev–Trinajstić information content (AvgIpc) is 2.86. The quantitative estimate of drug-likeness (QED) is 0.813. The minimum atomic E-state index is -0.256. The first kappa shape index (κ1) is 12.6. The molecule has 0 aliphatic carbocycles. The topological polar surface area (TPSA) is 30.3 Å². The molecule has 1 aromatic rings. The van der Waals surface area contributed by atoms with Gasteiger partial charge in [0.1, 0.15) is 5.82 Å². The molecule has 0 radical (unpaired) electrons. The predicted octanol–water partition coefficient (Wildman–Crippen LogP) is 1.98. The fraction of sp³-hybridized carbons (Fsp3) is 0.533. The summed E-state index contributed by atoms with van der Waals surface area (Å²) in [5.41, 5.74) is 1.41. The van der Waals surface area contributed by atoms with Crippen LogP contribution in [0, 0.1) is 17.1 Å². The molecule has 3 nitrogen and oxygen atoms in total. The molecule has 2 aliphatic heterocycles. The zero-order valence-electron chi connectivity index (χ0n) is 11.0. The number of piperazine rings is 1. The second-order valence-electron chi connectivity index (χ2n) is 5.48. The van der Waals surface area contributed by atoms with Crippen molar-refractivity contribution >= 4 is 0 Å². The molecule has 2 saturated heterocycles. The Hall–Kier alpha value is -1.44. The first-order valence-corrected chi connectivity index (χ1v) is 6.91. The van der Waals surface area contributed by atoms with Gasteiger partial charge in [0, 0.05) is 32.2 Å². The van der Waals surface area contributed by atoms with E-state index in [1.165, 1.54) is 31.5 Å². The summed E-state index contributed by atoms with van der Waals surface area (Å²) >= 11 is 0. The largest absolute Gasteiger partial charge is 0.298 e. The Labute approximate surface area is 113 Å². The van der Waals surface area contributed by atoms with Gasteiger partial charge in [-0.3, -0.25) is 9.80 Å². The standard InChI is InChI=1S/C15H18FN3/c16-14-4-3-12(9-17)13(8-14)10-18-6-7-19-5-1-2-15(19)11-18/h3-4,8,15H,1-2,5-7,10-11H2. The van der Waals surface area contributed by atoms with E-state index in [1.54, 1.807) is 6.07 Å². The number of rotatable bonds is 2. The molecule has 0 aromatic heterocycles. The van der Waals surface area contributed by atoms with E-state index < -0.39 is 0 Å². The third kappa shape index (κ3) is 2.63. The average molecular weight is 259 g/mol. The molecule has 100 valence electrons. The summed E-state index contributed by atoms with van der Waals surface area (Å²) in [6.07, 6.45) is 2.56. The lowest BCUT2D eigenvalue weighted by Gasteiger charge is -2.37. The van der Waals surface area contributed by atoms with Crippen LogP contribution < -0.4 is 0 Å². The fourth-order valence-corrected chi connectivity index (χ4v) is 3.24. The molecular weight excluding hydrogens is 241 g/mol. The number of hydrogen-bond donors (Lipinski definition) is 0. The van der Waals surface area contributed by atoms with Crippen molar-refractivity contribution in [3.8, 4) is 6.07 Å². The van der Waals surface area contributed by atoms with Gasteiger partial charge in [-0.15, -0.1) is 0 Å². The Morgan fingerprint density at radius 3 is 3.05 bits per heavy atom. The van der Waals surface area contributed by atoms with Gasteiger partial charge in [0.2, 0.25) is 0 Å². The van der Waals surface area contributed by atoms with Gasteiger partial charge in [-0.25, -0.2) is 4.39 Å². The van der Waals surface area contributed by atoms with Crippen LogP contribution in [0.5, 0.6) is 0 Å². The fourth-order valence-electron chi connectivity index (χ4n) is 3.24. The molecule has 4 heteroatoms. The third-order valence-corrected chi connectivity index (χ3v) is 4.25. The minimum absolute atomic E-state index is 0.256. The summed E-state index contributed by atoms with van der Waals surface area (Å²) in [5.74, 6) is -0.256. The maximum atomic E-state index is 13.3. The highest BCUT2D eigenvalue weighted by molar-refractivity contribution is 5.37. The lowest BCUT2D eigenvalue weighted by atomic mass is 10.1. The van der Waals surface area contributed by atoms with E-state index in [2.05, 4.69) is 15.9 Å². The zero-order chi connectivity index (χ0) is 13.2. The smallest absolute Gasteiger partial charge is 0.123 e. The molecule has 2 fully saturated rings. The highest BCUT2D eigenvalue weighted by Gasteiger charge is 2.30. The van der Waals surface area contributed by atoms with Crippen LogP contribution in [0.25, 0.3) is 0 Å². The zero-order valence-corrected chi connectivity index (χ0v) is 11.0. The van der Waals surface area contributed by atoms with Crippen molar-refractivity contribution < 1.29 is 4.39 Å². The molecule has 0 bridgehead atoms. The third-order valence-electron chi connectivity index (χ3n) is 4.25. The monoisotopic (exact) mass is 259 g/mol. The highest BCUT2D eigenvalue weighted by Crippen LogP contribution is 2.23. The van der Waals surface area contributed by atoms with Gasteiger partial charge < -0.3 is 0 Å². The SMILES string of the molecule is N#Cc1ccc(F)cc1CN1CCN2CCCC2C1. The van der Waals surface area contributed by atoms with Crippen LogP contribution in [0.3, 0.4) is 0 Å². The molecule has 0 saturated carbocycles. The molecule has 2 aliphatic rings. The summed E-state index contributed by atoms with van der Waals surface area (Å²) in [6.45, 7) is 5.06. The number of halogens is 1. The Bertz CT molecular complexity index is 509. The maximum absolute atomic E-state index is 13.3. The Morgan fingerprint density at radius 1 is 1.32 bits per heavy atom. The van der Waals surface area contributed by atoms with Crippen LogP contribution in [-0.2, 0) is 6.54 Å². The molecule has 0 amide bonds. The first-order valence-electron chi connectivity index (χ1n) is 6.91. The number of nitrogens with zero attached hydrogens (tertiary/aromatic N) is 3. The van der Waals surface area contributed by atoms with Crippen LogP contribution >= 0.6 is 0 Å². The minimum Gasteiger partial charge on any atom is -0.298 e. The first-order chi connectivity index (χ1) is 9.26. The van der Waals surface area contributed by atoms with Crippen molar-refractivity contribution in [3.63, 3.8) is 0 Å². The maximum Gasteiger partial charge on any atom is 0.123 e. The van der Waals surface area contributed by atoms with Crippen LogP contribution in [0.2, 0.25) is 0 Å². The Balaban J connectivity index is 1.71. The van der Waals surface area contributed by atoms with E-state index in [0.717, 1.165) is 25.2 Å². The summed E-state index contributed by atoms with van der Waals surface area (Å²) in [7, 11) is 0. The molecule has 1 atom stereocenters. The predicted molar refractivity (Wildman–Crippen MR) is 71.0 cm³/mol. The van der Waals surface area contributed by atoms with E-state index in [-0.39, 0.29) is 5.82 Å². The van der Waals surface area contributed by atoms with Crippen LogP contribution in [0.4, 0.5) is 4.39 Å². The van der Waals surface area contributed by atoms with E-state index in [0.29, 0.717) is 18.2 Å². The Kier molecular flexibility index (Phi) is 3.50. The van der Waals surface area contributed by atoms with E-state index in [1.807, 2.05) is 0 Å². The van der Waals surface area contributed by atoms with Gasteiger partial charge in [-0.05, 0) is 43.1 Å². The van der Waals surface area contributed by atoms with Crippen LogP contribution in [-0.4, -0.2) is 42.0 Å². The second-order valence-corrected chi connectivity index (χ2v) is 5.48. The molecular formula is C15H18FN3. The normalized spacial score (nSPS) is 24.1. The van der Waals surface area contributed by atoms with Gasteiger partial charge in [0.25, 0.3) is 0 Å². The summed E-state index contributed by atoms with van der Waals surface area (Å²) in [4.78, 5) is 4.90. The van der Waals surface area contributed by atoms with Crippen molar-refractivity contribution in [1.82, 2.24) is 9.80 Å². The van der Waals surface area contributed by atoms with Crippen molar-refractivity contribution in [3.05, 3.63) is 35.1 Å². The van der Waals surface area contributed by atoms with Crippen molar-refractivity contribution in [2.45, 2.75) is 25.4 Å². The Morgan fingerprint density at radius 2 is 2.21 bits per heavy atom. The van der Waals surface area contributed by atoms with Gasteiger partial charge in [0.05, 0.1) is 11.6 Å². The number of fused-ring (bicyclic) bond motifs is 1. The van der Waals surface area contributed by atoms with E-state index in [4.69, 9.17) is 5.26 Å². The lowest BCUT2D eigenvalue weighted by Crippen LogP contribution is -2.49. The molecule has 3 rings (SSSR count). The molecule has 19 heavy (non-hydrogen) atoms. The lowest BCUT2D eigenvalue weighted by molar-refractivity contribution is 0.0992. The van der Waals surface area contributed by atoms with Gasteiger partial charge in [-0.1, -0.05) is 0 Å². The molecule has 1 aromatic carbocycles. The number of benzene rings is 1. The van der Waals surface area contributed by atoms with Crippen LogP contribution in [0.15, 0.2) is 18.2 Å². The molecule has 0 N–H and O–H groups in total. The molecule has 1 unspecified atom stereocenters. The summed E-state index contributed by atoms with van der Waals surface area (Å²) in [5, 5.41) is 9.09. The van der Waals surface area contributed by atoms with Gasteiger partial charge in [0.15, 0.2) is 0 Å². The second kappa shape index (κ2) is 5.28. The van der Waals surface area contributed by atoms with Gasteiger partial charge >= 0.3 is 0 Å². The summed E-state index contributed by atoms with van der Waals surface area (Å²) in [6, 6.07) is 7.25. The van der Waals surface area contributed by atoms with Gasteiger partial charge in [-0.2, -0.15) is 5.26 Å². The molecule has 0 spiro atoms. The van der Waals surface area contributed by atoms with E-state index in [9.17, 15) is 4.39 Å². The molecule has 2 heterocycles. The highest BCUT2D eigenvalue weighted by atomic mass is 19.1. The van der Waals surface area contributed by atoms with Crippen molar-refractivity contribution in [2.75, 3.05) is 26.2 Å². The van der Waals surface area contributed by atoms with Crippen molar-refractivity contribution in [2.24, 2.45) is 0 Å². The van der Waals surface area contributed by atoms with Crippen molar-refractivity contribution in [1.29, 1.82) is 5.26 Å².